The van der Waals surface area contributed by atoms with E-state index in [9.17, 15) is 0 Å². The summed E-state index contributed by atoms with van der Waals surface area (Å²) in [5.74, 6) is 4.61. The lowest BCUT2D eigenvalue weighted by Gasteiger charge is -2.11. The van der Waals surface area contributed by atoms with Gasteiger partial charge < -0.3 is 11.1 Å². The third-order valence-electron chi connectivity index (χ3n) is 4.78. The van der Waals surface area contributed by atoms with Crippen molar-refractivity contribution in [2.75, 3.05) is 11.1 Å². The summed E-state index contributed by atoms with van der Waals surface area (Å²) in [5.41, 5.74) is 6.51. The van der Waals surface area contributed by atoms with Gasteiger partial charge in [0.2, 0.25) is 0 Å². The molecule has 0 spiro atoms. The number of rotatable bonds is 2. The molecular formula is C12H16N4. The number of nitrogens with one attached hydrogen (secondary N) is 1. The van der Waals surface area contributed by atoms with E-state index in [1.807, 2.05) is 0 Å². The zero-order valence-corrected chi connectivity index (χ0v) is 9.13. The molecule has 3 aliphatic rings. The summed E-state index contributed by atoms with van der Waals surface area (Å²) < 4.78 is 0. The van der Waals surface area contributed by atoms with E-state index in [0.717, 1.165) is 29.5 Å². The number of nitrogen functional groups attached to an aromatic ring is 1. The van der Waals surface area contributed by atoms with Gasteiger partial charge in [-0.15, -0.1) is 0 Å². The Labute approximate surface area is 94.7 Å². The highest BCUT2D eigenvalue weighted by Crippen LogP contribution is 2.66. The van der Waals surface area contributed by atoms with Gasteiger partial charge in [0.15, 0.2) is 5.82 Å². The molecule has 1 heterocycles. The number of hydrogen-bond acceptors (Lipinski definition) is 4. The van der Waals surface area contributed by atoms with Crippen LogP contribution in [0.5, 0.6) is 0 Å². The van der Waals surface area contributed by atoms with Gasteiger partial charge in [0.25, 0.3) is 0 Å². The zero-order chi connectivity index (χ0) is 10.7. The van der Waals surface area contributed by atoms with Crippen LogP contribution in [0.1, 0.15) is 19.3 Å². The highest BCUT2D eigenvalue weighted by atomic mass is 15.1. The summed E-state index contributed by atoms with van der Waals surface area (Å²) in [5, 5.41) is 3.51. The molecule has 1 aromatic rings. The van der Waals surface area contributed by atoms with Gasteiger partial charge in [0.1, 0.15) is 6.33 Å². The van der Waals surface area contributed by atoms with Crippen LogP contribution in [0.4, 0.5) is 11.5 Å². The molecule has 0 radical (unpaired) electrons. The average molecular weight is 216 g/mol. The van der Waals surface area contributed by atoms with E-state index in [-0.39, 0.29) is 0 Å². The first-order chi connectivity index (χ1) is 7.84. The highest BCUT2D eigenvalue weighted by Gasteiger charge is 2.65. The first-order valence-corrected chi connectivity index (χ1v) is 6.16. The maximum absolute atomic E-state index is 5.84. The van der Waals surface area contributed by atoms with Crippen LogP contribution in [0.2, 0.25) is 0 Å². The van der Waals surface area contributed by atoms with Crippen LogP contribution in [0.25, 0.3) is 0 Å². The minimum atomic E-state index is 0.642. The minimum Gasteiger partial charge on any atom is -0.394 e. The van der Waals surface area contributed by atoms with Crippen LogP contribution in [0, 0.1) is 23.7 Å². The molecule has 4 atom stereocenters. The topological polar surface area (TPSA) is 63.8 Å². The fourth-order valence-electron chi connectivity index (χ4n) is 4.14. The van der Waals surface area contributed by atoms with Crippen molar-refractivity contribution in [1.82, 2.24) is 9.97 Å². The van der Waals surface area contributed by atoms with Gasteiger partial charge in [-0.3, -0.25) is 0 Å². The number of nitrogens with zero attached hydrogens (tertiary/aromatic N) is 2. The summed E-state index contributed by atoms with van der Waals surface area (Å²) in [7, 11) is 0. The number of aromatic nitrogens is 2. The molecule has 3 fully saturated rings. The van der Waals surface area contributed by atoms with Crippen molar-refractivity contribution in [2.45, 2.75) is 25.3 Å². The Morgan fingerprint density at radius 3 is 2.69 bits per heavy atom. The van der Waals surface area contributed by atoms with E-state index >= 15 is 0 Å². The van der Waals surface area contributed by atoms with Crippen LogP contribution in [0.3, 0.4) is 0 Å². The zero-order valence-electron chi connectivity index (χ0n) is 9.13. The Kier molecular flexibility index (Phi) is 1.58. The predicted octanol–water partition coefficient (Wildman–Crippen LogP) is 1.52. The molecule has 4 heteroatoms. The fourth-order valence-corrected chi connectivity index (χ4v) is 4.14. The monoisotopic (exact) mass is 216 g/mol. The fraction of sp³-hybridized carbons (Fsp3) is 0.667. The van der Waals surface area contributed by atoms with E-state index in [0.29, 0.717) is 11.7 Å². The quantitative estimate of drug-likeness (QED) is 0.786. The van der Waals surface area contributed by atoms with Crippen molar-refractivity contribution < 1.29 is 0 Å². The molecule has 0 aliphatic heterocycles. The number of nitrogens with two attached hydrogens (primary N) is 1. The van der Waals surface area contributed by atoms with Gasteiger partial charge in [-0.1, -0.05) is 0 Å². The Hall–Kier alpha value is -1.32. The smallest absolute Gasteiger partial charge is 0.152 e. The van der Waals surface area contributed by atoms with Crippen molar-refractivity contribution in [3.63, 3.8) is 0 Å². The second kappa shape index (κ2) is 2.87. The summed E-state index contributed by atoms with van der Waals surface area (Å²) >= 11 is 0. The SMILES string of the molecule is Nc1cncnc1NC1C2C3CCC(C3)C12. The van der Waals surface area contributed by atoms with Gasteiger partial charge in [-0.2, -0.15) is 0 Å². The molecule has 2 bridgehead atoms. The van der Waals surface area contributed by atoms with Crippen molar-refractivity contribution in [2.24, 2.45) is 23.7 Å². The summed E-state index contributed by atoms with van der Waals surface area (Å²) in [6.07, 6.45) is 7.60. The van der Waals surface area contributed by atoms with E-state index < -0.39 is 0 Å². The Morgan fingerprint density at radius 1 is 1.25 bits per heavy atom. The largest absolute Gasteiger partial charge is 0.394 e. The molecule has 3 N–H and O–H groups in total. The molecule has 0 saturated heterocycles. The molecule has 1 aromatic heterocycles. The highest BCUT2D eigenvalue weighted by molar-refractivity contribution is 5.60. The summed E-state index contributed by atoms with van der Waals surface area (Å²) in [4.78, 5) is 8.12. The van der Waals surface area contributed by atoms with Gasteiger partial charge in [0, 0.05) is 6.04 Å². The van der Waals surface area contributed by atoms with E-state index in [1.54, 1.807) is 12.5 Å². The van der Waals surface area contributed by atoms with Gasteiger partial charge in [-0.05, 0) is 42.9 Å². The van der Waals surface area contributed by atoms with Crippen molar-refractivity contribution in [1.29, 1.82) is 0 Å². The molecular weight excluding hydrogens is 200 g/mol. The third-order valence-corrected chi connectivity index (χ3v) is 4.78. The number of hydrogen-bond donors (Lipinski definition) is 2. The van der Waals surface area contributed by atoms with E-state index in [2.05, 4.69) is 15.3 Å². The van der Waals surface area contributed by atoms with Gasteiger partial charge in [0.05, 0.1) is 11.9 Å². The lowest BCUT2D eigenvalue weighted by atomic mass is 10.0. The Bertz CT molecular complexity index is 417. The maximum atomic E-state index is 5.84. The Morgan fingerprint density at radius 2 is 2.00 bits per heavy atom. The molecule has 3 aliphatic carbocycles. The van der Waals surface area contributed by atoms with Crippen LogP contribution < -0.4 is 11.1 Å². The van der Waals surface area contributed by atoms with Crippen LogP contribution >= 0.6 is 0 Å². The lowest BCUT2D eigenvalue weighted by molar-refractivity contribution is 0.456. The van der Waals surface area contributed by atoms with Crippen LogP contribution in [-0.2, 0) is 0 Å². The van der Waals surface area contributed by atoms with Gasteiger partial charge >= 0.3 is 0 Å². The molecule has 84 valence electrons. The van der Waals surface area contributed by atoms with Crippen molar-refractivity contribution in [3.8, 4) is 0 Å². The first-order valence-electron chi connectivity index (χ1n) is 6.16. The minimum absolute atomic E-state index is 0.642. The van der Waals surface area contributed by atoms with Gasteiger partial charge in [-0.25, -0.2) is 9.97 Å². The average Bonchev–Trinajstić information content (AvgIpc) is 2.71. The normalized spacial score (nSPS) is 43.1. The van der Waals surface area contributed by atoms with Crippen LogP contribution in [0.15, 0.2) is 12.5 Å². The van der Waals surface area contributed by atoms with Crippen LogP contribution in [-0.4, -0.2) is 16.0 Å². The molecule has 3 saturated carbocycles. The molecule has 16 heavy (non-hydrogen) atoms. The summed E-state index contributed by atoms with van der Waals surface area (Å²) in [6.45, 7) is 0. The molecule has 4 rings (SSSR count). The first kappa shape index (κ1) is 8.79. The third kappa shape index (κ3) is 1.05. The molecule has 0 aromatic carbocycles. The standard InChI is InChI=1S/C12H16N4/c13-8-4-14-5-15-12(8)16-11-9-6-1-2-7(3-6)10(9)11/h4-7,9-11H,1-3,13H2,(H,14,15,16). The van der Waals surface area contributed by atoms with Crippen molar-refractivity contribution in [3.05, 3.63) is 12.5 Å². The molecule has 4 unspecified atom stereocenters. The van der Waals surface area contributed by atoms with E-state index in [4.69, 9.17) is 5.73 Å². The second-order valence-corrected chi connectivity index (χ2v) is 5.48. The van der Waals surface area contributed by atoms with E-state index in [1.165, 1.54) is 19.3 Å². The lowest BCUT2D eigenvalue weighted by Crippen LogP contribution is -2.14. The second-order valence-electron chi connectivity index (χ2n) is 5.48. The predicted molar refractivity (Wildman–Crippen MR) is 61.7 cm³/mol. The van der Waals surface area contributed by atoms with Crippen molar-refractivity contribution >= 4 is 11.5 Å². The maximum Gasteiger partial charge on any atom is 0.152 e. The number of fused-ring (bicyclic) bond motifs is 5. The molecule has 0 amide bonds. The summed E-state index contributed by atoms with van der Waals surface area (Å²) in [6, 6.07) is 0.642. The Balaban J connectivity index is 1.53. The number of anilines is 2. The molecule has 4 nitrogen and oxygen atoms in total.